The summed E-state index contributed by atoms with van der Waals surface area (Å²) in [6, 6.07) is 13.7. The number of hydrogen-bond acceptors (Lipinski definition) is 4. The first kappa shape index (κ1) is 14.0. The number of aromatic nitrogens is 4. The van der Waals surface area contributed by atoms with Gasteiger partial charge in [0, 0.05) is 29.9 Å². The van der Waals surface area contributed by atoms with Crippen molar-refractivity contribution in [1.29, 1.82) is 0 Å². The lowest BCUT2D eigenvalue weighted by Crippen LogP contribution is -2.11. The van der Waals surface area contributed by atoms with Crippen LogP contribution in [-0.4, -0.2) is 25.3 Å². The minimum Gasteiger partial charge on any atom is -0.322 e. The van der Waals surface area contributed by atoms with Gasteiger partial charge in [-0.05, 0) is 23.8 Å². The molecule has 3 heterocycles. The number of carbonyl (C=O) groups excluding carboxylic acids is 1. The van der Waals surface area contributed by atoms with Crippen molar-refractivity contribution < 1.29 is 4.79 Å². The Labute approximate surface area is 144 Å². The Morgan fingerprint density at radius 3 is 2.80 bits per heavy atom. The molecule has 0 saturated heterocycles. The van der Waals surface area contributed by atoms with E-state index in [1.165, 1.54) is 5.56 Å². The molecule has 0 N–H and O–H groups in total. The van der Waals surface area contributed by atoms with Gasteiger partial charge in [-0.1, -0.05) is 24.3 Å². The smallest absolute Gasteiger partial charge is 0.165 e. The third-order valence-electron chi connectivity index (χ3n) is 4.77. The van der Waals surface area contributed by atoms with Crippen LogP contribution in [-0.2, 0) is 0 Å². The van der Waals surface area contributed by atoms with Crippen LogP contribution in [0.4, 0.5) is 0 Å². The highest BCUT2D eigenvalue weighted by Gasteiger charge is 2.29. The number of nitrogens with zero attached hydrogens (tertiary/aromatic N) is 4. The maximum Gasteiger partial charge on any atom is 0.165 e. The van der Waals surface area contributed by atoms with Gasteiger partial charge in [0.15, 0.2) is 5.78 Å². The summed E-state index contributed by atoms with van der Waals surface area (Å²) in [7, 11) is 0. The lowest BCUT2D eigenvalue weighted by molar-refractivity contribution is 0.0970. The SMILES string of the molecule is O=C(CC1c2ccccc2-c2cncn21)c1ccc2nccnc2c1. The van der Waals surface area contributed by atoms with Gasteiger partial charge in [0.1, 0.15) is 0 Å². The van der Waals surface area contributed by atoms with Gasteiger partial charge in [-0.25, -0.2) is 4.98 Å². The highest BCUT2D eigenvalue weighted by Crippen LogP contribution is 2.41. The first-order chi connectivity index (χ1) is 12.3. The molecule has 5 heteroatoms. The topological polar surface area (TPSA) is 60.7 Å². The molecule has 2 aromatic heterocycles. The second kappa shape index (κ2) is 5.34. The van der Waals surface area contributed by atoms with E-state index in [1.807, 2.05) is 36.5 Å². The van der Waals surface area contributed by atoms with Crippen molar-refractivity contribution in [1.82, 2.24) is 19.5 Å². The predicted octanol–water partition coefficient (Wildman–Crippen LogP) is 3.67. The average molecular weight is 326 g/mol. The number of ketones is 1. The van der Waals surface area contributed by atoms with Crippen molar-refractivity contribution in [3.05, 3.63) is 78.5 Å². The number of imidazole rings is 1. The standard InChI is InChI=1S/C20H14N4O/c25-20(13-5-6-16-17(9-13)23-8-7-22-16)10-18-14-3-1-2-4-15(14)19-11-21-12-24(18)19/h1-9,11-12,18H,10H2. The minimum absolute atomic E-state index is 0.0150. The zero-order chi connectivity index (χ0) is 16.8. The molecule has 1 atom stereocenters. The Balaban J connectivity index is 1.51. The Hall–Kier alpha value is -3.34. The van der Waals surface area contributed by atoms with Crippen molar-refractivity contribution in [3.8, 4) is 11.3 Å². The maximum absolute atomic E-state index is 12.9. The third kappa shape index (κ3) is 2.16. The summed E-state index contributed by atoms with van der Waals surface area (Å²) in [4.78, 5) is 25.7. The molecule has 0 spiro atoms. The molecule has 5 rings (SSSR count). The number of rotatable bonds is 3. The fourth-order valence-electron chi connectivity index (χ4n) is 3.57. The molecular weight excluding hydrogens is 312 g/mol. The summed E-state index contributed by atoms with van der Waals surface area (Å²) in [5.41, 5.74) is 5.60. The Bertz CT molecular complexity index is 1120. The maximum atomic E-state index is 12.9. The molecule has 120 valence electrons. The highest BCUT2D eigenvalue weighted by atomic mass is 16.1. The molecule has 0 saturated carbocycles. The molecule has 0 fully saturated rings. The van der Waals surface area contributed by atoms with E-state index in [-0.39, 0.29) is 11.8 Å². The summed E-state index contributed by atoms with van der Waals surface area (Å²) in [5.74, 6) is 0.0916. The Morgan fingerprint density at radius 2 is 1.88 bits per heavy atom. The summed E-state index contributed by atoms with van der Waals surface area (Å²) < 4.78 is 2.09. The van der Waals surface area contributed by atoms with Crippen LogP contribution in [0.1, 0.15) is 28.4 Å². The first-order valence-corrected chi connectivity index (χ1v) is 8.16. The molecule has 5 nitrogen and oxygen atoms in total. The second-order valence-electron chi connectivity index (χ2n) is 6.18. The van der Waals surface area contributed by atoms with Gasteiger partial charge in [-0.2, -0.15) is 0 Å². The van der Waals surface area contributed by atoms with Crippen LogP contribution in [0.15, 0.2) is 67.4 Å². The van der Waals surface area contributed by atoms with Gasteiger partial charge >= 0.3 is 0 Å². The number of fused-ring (bicyclic) bond motifs is 4. The fraction of sp³-hybridized carbons (Fsp3) is 0.100. The van der Waals surface area contributed by atoms with Crippen molar-refractivity contribution in [2.45, 2.75) is 12.5 Å². The predicted molar refractivity (Wildman–Crippen MR) is 94.3 cm³/mol. The van der Waals surface area contributed by atoms with Crippen molar-refractivity contribution in [2.75, 3.05) is 0 Å². The molecule has 1 aliphatic rings. The molecule has 4 aromatic rings. The van der Waals surface area contributed by atoms with E-state index in [1.54, 1.807) is 18.7 Å². The quantitative estimate of drug-likeness (QED) is 0.539. The van der Waals surface area contributed by atoms with Gasteiger partial charge in [0.05, 0.1) is 35.3 Å². The van der Waals surface area contributed by atoms with Crippen LogP contribution in [0.5, 0.6) is 0 Å². The largest absolute Gasteiger partial charge is 0.322 e. The van der Waals surface area contributed by atoms with Crippen LogP contribution < -0.4 is 0 Å². The van der Waals surface area contributed by atoms with E-state index in [2.05, 4.69) is 31.7 Å². The molecular formula is C20H14N4O. The number of hydrogen-bond donors (Lipinski definition) is 0. The van der Waals surface area contributed by atoms with Crippen LogP contribution in [0.2, 0.25) is 0 Å². The van der Waals surface area contributed by atoms with E-state index in [0.717, 1.165) is 22.3 Å². The molecule has 0 amide bonds. The van der Waals surface area contributed by atoms with Gasteiger partial charge in [-0.15, -0.1) is 0 Å². The molecule has 0 bridgehead atoms. The normalized spacial score (nSPS) is 15.1. The summed E-state index contributed by atoms with van der Waals surface area (Å²) >= 11 is 0. The van der Waals surface area contributed by atoms with E-state index in [0.29, 0.717) is 12.0 Å². The average Bonchev–Trinajstić information content (AvgIpc) is 3.24. The monoisotopic (exact) mass is 326 g/mol. The van der Waals surface area contributed by atoms with Gasteiger partial charge in [0.25, 0.3) is 0 Å². The van der Waals surface area contributed by atoms with E-state index in [4.69, 9.17) is 0 Å². The van der Waals surface area contributed by atoms with E-state index in [9.17, 15) is 4.79 Å². The fourth-order valence-corrected chi connectivity index (χ4v) is 3.57. The van der Waals surface area contributed by atoms with Gasteiger partial charge < -0.3 is 4.57 Å². The second-order valence-corrected chi connectivity index (χ2v) is 6.18. The van der Waals surface area contributed by atoms with E-state index < -0.39 is 0 Å². The van der Waals surface area contributed by atoms with Crippen LogP contribution in [0.25, 0.3) is 22.3 Å². The lowest BCUT2D eigenvalue weighted by Gasteiger charge is -2.14. The van der Waals surface area contributed by atoms with Crippen LogP contribution in [0, 0.1) is 0 Å². The Morgan fingerprint density at radius 1 is 1.04 bits per heavy atom. The van der Waals surface area contributed by atoms with Crippen LogP contribution in [0.3, 0.4) is 0 Å². The number of Topliss-reactive ketones (excluding diaryl/α,β-unsaturated/α-hetero) is 1. The van der Waals surface area contributed by atoms with Gasteiger partial charge in [0.2, 0.25) is 0 Å². The zero-order valence-corrected chi connectivity index (χ0v) is 13.3. The summed E-state index contributed by atoms with van der Waals surface area (Å²) in [5, 5.41) is 0. The van der Waals surface area contributed by atoms with Crippen LogP contribution >= 0.6 is 0 Å². The lowest BCUT2D eigenvalue weighted by atomic mass is 9.96. The number of benzene rings is 2. The Kier molecular flexibility index (Phi) is 3.00. The minimum atomic E-state index is -0.0150. The van der Waals surface area contributed by atoms with Crippen molar-refractivity contribution in [3.63, 3.8) is 0 Å². The molecule has 2 aromatic carbocycles. The highest BCUT2D eigenvalue weighted by molar-refractivity contribution is 5.99. The molecule has 1 unspecified atom stereocenters. The number of carbonyl (C=O) groups is 1. The molecule has 0 aliphatic carbocycles. The molecule has 0 radical (unpaired) electrons. The molecule has 25 heavy (non-hydrogen) atoms. The van der Waals surface area contributed by atoms with Crippen molar-refractivity contribution in [2.24, 2.45) is 0 Å². The summed E-state index contributed by atoms with van der Waals surface area (Å²) in [6.45, 7) is 0. The zero-order valence-electron chi connectivity index (χ0n) is 13.3. The van der Waals surface area contributed by atoms with Crippen molar-refractivity contribution >= 4 is 16.8 Å². The summed E-state index contributed by atoms with van der Waals surface area (Å²) in [6.07, 6.45) is 7.35. The van der Waals surface area contributed by atoms with Gasteiger partial charge in [-0.3, -0.25) is 14.8 Å². The third-order valence-corrected chi connectivity index (χ3v) is 4.77. The van der Waals surface area contributed by atoms with E-state index >= 15 is 0 Å². The molecule has 1 aliphatic heterocycles. The first-order valence-electron chi connectivity index (χ1n) is 8.16.